The maximum atomic E-state index is 12.2. The number of nitrogens with one attached hydrogen (secondary N) is 3. The molecule has 29 heavy (non-hydrogen) atoms. The van der Waals surface area contributed by atoms with E-state index >= 15 is 0 Å². The molecule has 0 bridgehead atoms. The molecule has 7 nitrogen and oxygen atoms in total. The summed E-state index contributed by atoms with van der Waals surface area (Å²) in [6.45, 7) is 1.98. The molecule has 1 aliphatic rings. The Labute approximate surface area is 171 Å². The van der Waals surface area contributed by atoms with Crippen LogP contribution >= 0.6 is 11.8 Å². The normalized spacial score (nSPS) is 17.9. The second-order valence-electron chi connectivity index (χ2n) is 6.65. The fourth-order valence-electron chi connectivity index (χ4n) is 2.95. The van der Waals surface area contributed by atoms with E-state index in [0.717, 1.165) is 22.0 Å². The molecule has 8 heteroatoms. The lowest BCUT2D eigenvalue weighted by molar-refractivity contribution is -0.122. The van der Waals surface area contributed by atoms with Gasteiger partial charge in [-0.05, 0) is 25.1 Å². The van der Waals surface area contributed by atoms with Gasteiger partial charge in [0.1, 0.15) is 5.25 Å². The summed E-state index contributed by atoms with van der Waals surface area (Å²) in [7, 11) is 0. The Morgan fingerprint density at radius 1 is 1.21 bits per heavy atom. The molecule has 3 aromatic rings. The van der Waals surface area contributed by atoms with Gasteiger partial charge in [0.05, 0.1) is 6.21 Å². The Bertz CT molecular complexity index is 1120. The van der Waals surface area contributed by atoms with Gasteiger partial charge in [-0.25, -0.2) is 0 Å². The van der Waals surface area contributed by atoms with Gasteiger partial charge in [0, 0.05) is 34.8 Å². The number of H-pyrrole nitrogens is 1. The zero-order valence-corrected chi connectivity index (χ0v) is 16.5. The van der Waals surface area contributed by atoms with E-state index in [1.54, 1.807) is 6.21 Å². The molecule has 2 amide bonds. The van der Waals surface area contributed by atoms with Gasteiger partial charge in [-0.3, -0.25) is 9.59 Å². The van der Waals surface area contributed by atoms with Crippen molar-refractivity contribution in [2.45, 2.75) is 18.6 Å². The first-order chi connectivity index (χ1) is 14.1. The lowest BCUT2D eigenvalue weighted by Crippen LogP contribution is -2.28. The van der Waals surface area contributed by atoms with E-state index < -0.39 is 5.25 Å². The zero-order valence-electron chi connectivity index (χ0n) is 15.7. The number of nitrogens with zero attached hydrogens (tertiary/aromatic N) is 2. The van der Waals surface area contributed by atoms with Crippen LogP contribution in [0, 0.1) is 6.92 Å². The summed E-state index contributed by atoms with van der Waals surface area (Å²) in [6, 6.07) is 15.4. The van der Waals surface area contributed by atoms with Crippen LogP contribution in [0.5, 0.6) is 0 Å². The van der Waals surface area contributed by atoms with Crippen molar-refractivity contribution in [2.75, 3.05) is 5.32 Å². The number of amides is 2. The molecule has 1 atom stereocenters. The third kappa shape index (κ3) is 4.55. The number of hydrogen-bond donors (Lipinski definition) is 3. The van der Waals surface area contributed by atoms with Crippen molar-refractivity contribution in [3.8, 4) is 0 Å². The molecule has 1 unspecified atom stereocenters. The summed E-state index contributed by atoms with van der Waals surface area (Å²) >= 11 is 1.21. The minimum Gasteiger partial charge on any atom is -0.361 e. The van der Waals surface area contributed by atoms with Crippen molar-refractivity contribution < 1.29 is 9.59 Å². The molecule has 146 valence electrons. The summed E-state index contributed by atoms with van der Waals surface area (Å²) in [5, 5.41) is 14.5. The number of amidine groups is 1. The van der Waals surface area contributed by atoms with E-state index in [1.807, 2.05) is 61.7 Å². The van der Waals surface area contributed by atoms with Gasteiger partial charge < -0.3 is 15.6 Å². The monoisotopic (exact) mass is 405 g/mol. The van der Waals surface area contributed by atoms with Gasteiger partial charge in [-0.1, -0.05) is 47.7 Å². The first kappa shape index (κ1) is 18.9. The van der Waals surface area contributed by atoms with Crippen LogP contribution in [-0.4, -0.2) is 33.4 Å². The van der Waals surface area contributed by atoms with E-state index in [2.05, 4.69) is 25.8 Å². The Kier molecular flexibility index (Phi) is 5.44. The SMILES string of the molecule is Cc1ccc(NC(=O)CC2S/C(=N\N=C\c3c[nH]c4ccccc34)NC2=O)cc1. The molecule has 1 saturated heterocycles. The molecule has 1 aromatic heterocycles. The molecule has 0 spiro atoms. The smallest absolute Gasteiger partial charge is 0.240 e. The maximum Gasteiger partial charge on any atom is 0.240 e. The van der Waals surface area contributed by atoms with E-state index in [9.17, 15) is 9.59 Å². The molecule has 2 heterocycles. The van der Waals surface area contributed by atoms with Crippen LogP contribution in [-0.2, 0) is 9.59 Å². The van der Waals surface area contributed by atoms with Crippen LogP contribution in [0.3, 0.4) is 0 Å². The number of aryl methyl sites for hydroxylation is 1. The highest BCUT2D eigenvalue weighted by Gasteiger charge is 2.32. The van der Waals surface area contributed by atoms with Gasteiger partial charge in [0.15, 0.2) is 5.17 Å². The number of benzene rings is 2. The van der Waals surface area contributed by atoms with Crippen molar-refractivity contribution >= 4 is 51.5 Å². The van der Waals surface area contributed by atoms with Crippen LogP contribution in [0.1, 0.15) is 17.5 Å². The van der Waals surface area contributed by atoms with Crippen LogP contribution in [0.25, 0.3) is 10.9 Å². The van der Waals surface area contributed by atoms with Crippen LogP contribution in [0.4, 0.5) is 5.69 Å². The maximum absolute atomic E-state index is 12.2. The second kappa shape index (κ2) is 8.32. The van der Waals surface area contributed by atoms with E-state index in [-0.39, 0.29) is 18.2 Å². The first-order valence-electron chi connectivity index (χ1n) is 9.10. The minimum atomic E-state index is -0.525. The number of aromatic amines is 1. The number of carbonyl (C=O) groups is 2. The van der Waals surface area contributed by atoms with Crippen LogP contribution in [0.2, 0.25) is 0 Å². The van der Waals surface area contributed by atoms with Crippen molar-refractivity contribution in [1.29, 1.82) is 0 Å². The third-order valence-electron chi connectivity index (χ3n) is 4.45. The Morgan fingerprint density at radius 3 is 2.83 bits per heavy atom. The molecule has 1 fully saturated rings. The van der Waals surface area contributed by atoms with E-state index in [4.69, 9.17) is 0 Å². The predicted octanol–water partition coefficient (Wildman–Crippen LogP) is 3.43. The minimum absolute atomic E-state index is 0.0650. The molecule has 0 radical (unpaired) electrons. The number of thioether (sulfide) groups is 1. The topological polar surface area (TPSA) is 98.7 Å². The number of para-hydroxylation sites is 1. The van der Waals surface area contributed by atoms with Gasteiger partial charge in [-0.15, -0.1) is 5.10 Å². The summed E-state index contributed by atoms with van der Waals surface area (Å²) < 4.78 is 0. The number of hydrogen-bond acceptors (Lipinski definition) is 5. The standard InChI is InChI=1S/C21H19N5O2S/c1-13-6-8-15(9-7-13)24-19(27)10-18-20(28)25-21(29-18)26-23-12-14-11-22-17-5-3-2-4-16(14)17/h2-9,11-12,18,22H,10H2,1H3,(H,24,27)(H,25,26,28)/b23-12+. The number of carbonyl (C=O) groups excluding carboxylic acids is 2. The zero-order chi connectivity index (χ0) is 20.2. The Balaban J connectivity index is 1.35. The van der Waals surface area contributed by atoms with Crippen LogP contribution in [0.15, 0.2) is 64.9 Å². The fourth-order valence-corrected chi connectivity index (χ4v) is 3.87. The third-order valence-corrected chi connectivity index (χ3v) is 5.52. The molecule has 4 rings (SSSR count). The molecular weight excluding hydrogens is 386 g/mol. The average molecular weight is 405 g/mol. The van der Waals surface area contributed by atoms with Gasteiger partial charge in [0.25, 0.3) is 0 Å². The predicted molar refractivity (Wildman–Crippen MR) is 117 cm³/mol. The highest BCUT2D eigenvalue weighted by Crippen LogP contribution is 2.23. The van der Waals surface area contributed by atoms with Gasteiger partial charge in [-0.2, -0.15) is 5.10 Å². The van der Waals surface area contributed by atoms with E-state index in [0.29, 0.717) is 10.9 Å². The summed E-state index contributed by atoms with van der Waals surface area (Å²) in [5.41, 5.74) is 3.75. The van der Waals surface area contributed by atoms with Crippen LogP contribution < -0.4 is 10.6 Å². The Hall–Kier alpha value is -3.39. The highest BCUT2D eigenvalue weighted by atomic mass is 32.2. The largest absolute Gasteiger partial charge is 0.361 e. The molecule has 3 N–H and O–H groups in total. The van der Waals surface area contributed by atoms with Gasteiger partial charge in [0.2, 0.25) is 11.8 Å². The molecule has 1 aliphatic heterocycles. The number of rotatable bonds is 5. The lowest BCUT2D eigenvalue weighted by atomic mass is 10.2. The molecule has 0 saturated carbocycles. The molecule has 2 aromatic carbocycles. The molecule has 0 aliphatic carbocycles. The summed E-state index contributed by atoms with van der Waals surface area (Å²) in [6.07, 6.45) is 3.55. The fraction of sp³-hybridized carbons (Fsp3) is 0.143. The first-order valence-corrected chi connectivity index (χ1v) is 9.97. The van der Waals surface area contributed by atoms with E-state index in [1.165, 1.54) is 11.8 Å². The summed E-state index contributed by atoms with van der Waals surface area (Å²) in [5.74, 6) is -0.458. The Morgan fingerprint density at radius 2 is 2.00 bits per heavy atom. The van der Waals surface area contributed by atoms with Crippen molar-refractivity contribution in [3.05, 3.63) is 65.9 Å². The van der Waals surface area contributed by atoms with Crippen molar-refractivity contribution in [2.24, 2.45) is 10.2 Å². The van der Waals surface area contributed by atoms with Crippen molar-refractivity contribution in [3.63, 3.8) is 0 Å². The quantitative estimate of drug-likeness (QED) is 0.448. The lowest BCUT2D eigenvalue weighted by Gasteiger charge is -2.07. The second-order valence-corrected chi connectivity index (χ2v) is 7.84. The average Bonchev–Trinajstić information content (AvgIpc) is 3.27. The number of anilines is 1. The highest BCUT2D eigenvalue weighted by molar-refractivity contribution is 8.15. The van der Waals surface area contributed by atoms with Crippen molar-refractivity contribution in [1.82, 2.24) is 10.3 Å². The number of fused-ring (bicyclic) bond motifs is 1. The van der Waals surface area contributed by atoms with Gasteiger partial charge >= 0.3 is 0 Å². The molecular formula is C21H19N5O2S. The number of aromatic nitrogens is 1. The summed E-state index contributed by atoms with van der Waals surface area (Å²) in [4.78, 5) is 27.5.